The summed E-state index contributed by atoms with van der Waals surface area (Å²) in [6.07, 6.45) is 2.68. The van der Waals surface area contributed by atoms with Gasteiger partial charge in [-0.05, 0) is 25.0 Å². The fourth-order valence-corrected chi connectivity index (χ4v) is 2.10. The van der Waals surface area contributed by atoms with Crippen molar-refractivity contribution in [2.75, 3.05) is 0 Å². The van der Waals surface area contributed by atoms with Crippen molar-refractivity contribution < 1.29 is 14.0 Å². The summed E-state index contributed by atoms with van der Waals surface area (Å²) in [4.78, 5) is 26.8. The van der Waals surface area contributed by atoms with Crippen LogP contribution in [0, 0.1) is 5.82 Å². The Morgan fingerprint density at radius 1 is 1.53 bits per heavy atom. The Kier molecular flexibility index (Phi) is 4.21. The van der Waals surface area contributed by atoms with E-state index in [1.165, 1.54) is 6.07 Å². The molecule has 1 fully saturated rings. The number of hydrogen-bond acceptors (Lipinski definition) is 4. The molecule has 2 atom stereocenters. The van der Waals surface area contributed by atoms with E-state index in [4.69, 9.17) is 0 Å². The second-order valence-corrected chi connectivity index (χ2v) is 4.53. The Balaban J connectivity index is 2.05. The van der Waals surface area contributed by atoms with Crippen molar-refractivity contribution in [1.29, 1.82) is 0 Å². The number of rotatable bonds is 4. The van der Waals surface area contributed by atoms with Crippen molar-refractivity contribution in [3.05, 3.63) is 29.8 Å². The topological polar surface area (TPSA) is 71.1 Å². The van der Waals surface area contributed by atoms with Gasteiger partial charge in [0.1, 0.15) is 5.82 Å². The first-order valence-corrected chi connectivity index (χ1v) is 6.31. The summed E-state index contributed by atoms with van der Waals surface area (Å²) >= 11 is 0. The van der Waals surface area contributed by atoms with Crippen molar-refractivity contribution in [2.45, 2.75) is 38.3 Å². The molecule has 1 aromatic heterocycles. The van der Waals surface area contributed by atoms with Gasteiger partial charge in [0, 0.05) is 12.5 Å². The molecule has 2 unspecified atom stereocenters. The third-order valence-electron chi connectivity index (χ3n) is 3.16. The van der Waals surface area contributed by atoms with Crippen molar-refractivity contribution in [3.8, 4) is 0 Å². The molecule has 0 radical (unpaired) electrons. The Bertz CT molecular complexity index is 475. The van der Waals surface area contributed by atoms with Crippen LogP contribution in [0.5, 0.6) is 0 Å². The maximum absolute atomic E-state index is 12.8. The van der Waals surface area contributed by atoms with E-state index in [2.05, 4.69) is 15.6 Å². The molecule has 1 aliphatic heterocycles. The van der Waals surface area contributed by atoms with E-state index >= 15 is 0 Å². The van der Waals surface area contributed by atoms with Gasteiger partial charge in [-0.3, -0.25) is 25.2 Å². The number of amides is 2. The molecule has 5 nitrogen and oxygen atoms in total. The third kappa shape index (κ3) is 3.35. The monoisotopic (exact) mass is 265 g/mol. The van der Waals surface area contributed by atoms with E-state index in [-0.39, 0.29) is 23.7 Å². The van der Waals surface area contributed by atoms with Crippen LogP contribution in [-0.4, -0.2) is 22.8 Å². The van der Waals surface area contributed by atoms with Gasteiger partial charge in [0.25, 0.3) is 0 Å². The number of nitrogens with one attached hydrogen (secondary N) is 2. The highest BCUT2D eigenvalue weighted by atomic mass is 19.1. The molecule has 0 bridgehead atoms. The average Bonchev–Trinajstić information content (AvgIpc) is 2.39. The molecule has 19 heavy (non-hydrogen) atoms. The molecule has 6 heteroatoms. The number of piperidine rings is 1. The lowest BCUT2D eigenvalue weighted by atomic mass is 10.0. The van der Waals surface area contributed by atoms with Crippen LogP contribution >= 0.6 is 0 Å². The summed E-state index contributed by atoms with van der Waals surface area (Å²) in [5.74, 6) is -0.938. The Morgan fingerprint density at radius 2 is 2.32 bits per heavy atom. The van der Waals surface area contributed by atoms with E-state index < -0.39 is 6.04 Å². The van der Waals surface area contributed by atoms with Gasteiger partial charge < -0.3 is 0 Å². The van der Waals surface area contributed by atoms with Gasteiger partial charge in [0.2, 0.25) is 11.8 Å². The summed E-state index contributed by atoms with van der Waals surface area (Å²) in [6, 6.07) is 2.40. The SMILES string of the molecule is CCC(NC1CCC(=O)NC1=O)c1ccc(F)cn1. The normalized spacial score (nSPS) is 21.1. The summed E-state index contributed by atoms with van der Waals surface area (Å²) in [5.41, 5.74) is 0.689. The molecule has 2 amide bonds. The number of pyridine rings is 1. The second-order valence-electron chi connectivity index (χ2n) is 4.53. The van der Waals surface area contributed by atoms with Crippen molar-refractivity contribution >= 4 is 11.8 Å². The summed E-state index contributed by atoms with van der Waals surface area (Å²) < 4.78 is 12.8. The van der Waals surface area contributed by atoms with Gasteiger partial charge in [0.15, 0.2) is 0 Å². The molecule has 1 aromatic rings. The Hall–Kier alpha value is -1.82. The van der Waals surface area contributed by atoms with Crippen molar-refractivity contribution in [1.82, 2.24) is 15.6 Å². The minimum Gasteiger partial charge on any atom is -0.297 e. The van der Waals surface area contributed by atoms with Gasteiger partial charge >= 0.3 is 0 Å². The summed E-state index contributed by atoms with van der Waals surface area (Å²) in [7, 11) is 0. The lowest BCUT2D eigenvalue weighted by Gasteiger charge is -2.26. The number of imide groups is 1. The highest BCUT2D eigenvalue weighted by Crippen LogP contribution is 2.17. The van der Waals surface area contributed by atoms with Crippen LogP contribution in [0.2, 0.25) is 0 Å². The van der Waals surface area contributed by atoms with Crippen LogP contribution in [0.1, 0.15) is 37.9 Å². The van der Waals surface area contributed by atoms with Crippen LogP contribution in [-0.2, 0) is 9.59 Å². The van der Waals surface area contributed by atoms with Gasteiger partial charge in [-0.2, -0.15) is 0 Å². The molecule has 0 aromatic carbocycles. The first-order chi connectivity index (χ1) is 9.10. The van der Waals surface area contributed by atoms with Crippen molar-refractivity contribution in [2.24, 2.45) is 0 Å². The molecule has 0 saturated carbocycles. The largest absolute Gasteiger partial charge is 0.297 e. The lowest BCUT2D eigenvalue weighted by Crippen LogP contribution is -2.51. The molecule has 0 aliphatic carbocycles. The van der Waals surface area contributed by atoms with E-state index in [1.54, 1.807) is 6.07 Å². The number of halogens is 1. The molecule has 0 spiro atoms. The van der Waals surface area contributed by atoms with Gasteiger partial charge in [-0.25, -0.2) is 4.39 Å². The molecular formula is C13H16FN3O2. The fraction of sp³-hybridized carbons (Fsp3) is 0.462. The van der Waals surface area contributed by atoms with Crippen LogP contribution < -0.4 is 10.6 Å². The van der Waals surface area contributed by atoms with E-state index in [0.717, 1.165) is 12.6 Å². The Labute approximate surface area is 110 Å². The number of nitrogens with zero attached hydrogens (tertiary/aromatic N) is 1. The minimum atomic E-state index is -0.408. The highest BCUT2D eigenvalue weighted by Gasteiger charge is 2.28. The summed E-state index contributed by atoms with van der Waals surface area (Å²) in [6.45, 7) is 1.95. The Morgan fingerprint density at radius 3 is 2.89 bits per heavy atom. The van der Waals surface area contributed by atoms with E-state index in [9.17, 15) is 14.0 Å². The van der Waals surface area contributed by atoms with E-state index in [0.29, 0.717) is 18.5 Å². The van der Waals surface area contributed by atoms with Gasteiger partial charge in [0.05, 0.1) is 17.9 Å². The first-order valence-electron chi connectivity index (χ1n) is 6.31. The number of hydrogen-bond donors (Lipinski definition) is 2. The second kappa shape index (κ2) is 5.88. The van der Waals surface area contributed by atoms with Gasteiger partial charge in [-0.15, -0.1) is 0 Å². The number of carbonyl (C=O) groups excluding carboxylic acids is 2. The smallest absolute Gasteiger partial charge is 0.243 e. The maximum atomic E-state index is 12.8. The first kappa shape index (κ1) is 13.6. The average molecular weight is 265 g/mol. The quantitative estimate of drug-likeness (QED) is 0.799. The van der Waals surface area contributed by atoms with Crippen LogP contribution in [0.15, 0.2) is 18.3 Å². The van der Waals surface area contributed by atoms with E-state index in [1.807, 2.05) is 6.92 Å². The summed E-state index contributed by atoms with van der Waals surface area (Å²) in [5, 5.41) is 5.46. The molecule has 2 heterocycles. The molecule has 1 aliphatic rings. The number of aromatic nitrogens is 1. The maximum Gasteiger partial charge on any atom is 0.243 e. The lowest BCUT2D eigenvalue weighted by molar-refractivity contribution is -0.134. The fourth-order valence-electron chi connectivity index (χ4n) is 2.10. The zero-order valence-corrected chi connectivity index (χ0v) is 10.6. The van der Waals surface area contributed by atoms with Crippen LogP contribution in [0.3, 0.4) is 0 Å². The standard InChI is InChI=1S/C13H16FN3O2/c1-2-9(10-4-3-8(14)7-15-10)16-11-5-6-12(18)17-13(11)19/h3-4,7,9,11,16H,2,5-6H2,1H3,(H,17,18,19). The minimum absolute atomic E-state index is 0.135. The molecule has 2 N–H and O–H groups in total. The molecule has 1 saturated heterocycles. The zero-order valence-electron chi connectivity index (χ0n) is 10.6. The highest BCUT2D eigenvalue weighted by molar-refractivity contribution is 6.00. The predicted octanol–water partition coefficient (Wildman–Crippen LogP) is 1.07. The number of carbonyl (C=O) groups is 2. The third-order valence-corrected chi connectivity index (χ3v) is 3.16. The van der Waals surface area contributed by atoms with Crippen molar-refractivity contribution in [3.63, 3.8) is 0 Å². The molecule has 102 valence electrons. The van der Waals surface area contributed by atoms with Crippen LogP contribution in [0.4, 0.5) is 4.39 Å². The van der Waals surface area contributed by atoms with Crippen LogP contribution in [0.25, 0.3) is 0 Å². The zero-order chi connectivity index (χ0) is 13.8. The van der Waals surface area contributed by atoms with Gasteiger partial charge in [-0.1, -0.05) is 6.92 Å². The molecular weight excluding hydrogens is 249 g/mol. The predicted molar refractivity (Wildman–Crippen MR) is 66.5 cm³/mol. The molecule has 2 rings (SSSR count).